The molecule has 6 nitrogen and oxygen atoms in total. The van der Waals surface area contributed by atoms with Crippen LogP contribution in [0.2, 0.25) is 0 Å². The zero-order chi connectivity index (χ0) is 15.4. The van der Waals surface area contributed by atoms with E-state index in [2.05, 4.69) is 10.5 Å². The minimum Gasteiger partial charge on any atom is -0.461 e. The van der Waals surface area contributed by atoms with E-state index in [1.54, 1.807) is 24.5 Å². The highest BCUT2D eigenvalue weighted by Gasteiger charge is 2.25. The van der Waals surface area contributed by atoms with E-state index < -0.39 is 0 Å². The van der Waals surface area contributed by atoms with Gasteiger partial charge in [-0.15, -0.1) is 0 Å². The van der Waals surface area contributed by atoms with Gasteiger partial charge in [-0.25, -0.2) is 0 Å². The van der Waals surface area contributed by atoms with Crippen LogP contribution in [0.25, 0.3) is 11.5 Å². The molecule has 1 aliphatic carbocycles. The summed E-state index contributed by atoms with van der Waals surface area (Å²) in [5.41, 5.74) is 6.09. The van der Waals surface area contributed by atoms with E-state index in [9.17, 15) is 4.79 Å². The van der Waals surface area contributed by atoms with Gasteiger partial charge in [-0.2, -0.15) is 0 Å². The molecular formula is C16H21N3O3. The fraction of sp³-hybridized carbons (Fsp3) is 0.500. The molecule has 0 spiro atoms. The zero-order valence-electron chi connectivity index (χ0n) is 12.5. The van der Waals surface area contributed by atoms with E-state index in [-0.39, 0.29) is 17.6 Å². The third kappa shape index (κ3) is 3.22. The number of carbonyl (C=O) groups is 1. The number of carbonyl (C=O) groups excluding carboxylic acids is 1. The molecular weight excluding hydrogens is 282 g/mol. The standard InChI is InChI=1S/C16H21N3O3/c17-10-13(11-5-2-1-3-6-11)18-16(20)12-9-15(22-19-12)14-7-4-8-21-14/h4,7-9,11,13H,1-3,5-6,10,17H2,(H,18,20). The predicted molar refractivity (Wildman–Crippen MR) is 81.1 cm³/mol. The normalized spacial score (nSPS) is 17.3. The first-order chi connectivity index (χ1) is 10.8. The summed E-state index contributed by atoms with van der Waals surface area (Å²) in [6.45, 7) is 0.444. The Morgan fingerprint density at radius 1 is 1.36 bits per heavy atom. The van der Waals surface area contributed by atoms with Gasteiger partial charge in [0.05, 0.1) is 6.26 Å². The van der Waals surface area contributed by atoms with Crippen molar-refractivity contribution < 1.29 is 13.7 Å². The highest BCUT2D eigenvalue weighted by molar-refractivity contribution is 5.93. The smallest absolute Gasteiger partial charge is 0.273 e. The second kappa shape index (κ2) is 6.79. The number of nitrogens with two attached hydrogens (primary N) is 1. The number of nitrogens with one attached hydrogen (secondary N) is 1. The molecule has 2 aromatic rings. The molecule has 0 saturated heterocycles. The average Bonchev–Trinajstić information content (AvgIpc) is 3.23. The Labute approximate surface area is 129 Å². The van der Waals surface area contributed by atoms with Gasteiger partial charge in [-0.05, 0) is 30.9 Å². The summed E-state index contributed by atoms with van der Waals surface area (Å²) in [6, 6.07) is 5.09. The fourth-order valence-corrected chi connectivity index (χ4v) is 3.07. The van der Waals surface area contributed by atoms with Crippen molar-refractivity contribution in [2.45, 2.75) is 38.1 Å². The molecule has 0 aromatic carbocycles. The molecule has 6 heteroatoms. The van der Waals surface area contributed by atoms with Crippen molar-refractivity contribution >= 4 is 5.91 Å². The van der Waals surface area contributed by atoms with Crippen LogP contribution in [0.4, 0.5) is 0 Å². The maximum atomic E-state index is 12.3. The Kier molecular flexibility index (Phi) is 4.58. The molecule has 3 N–H and O–H groups in total. The van der Waals surface area contributed by atoms with Gasteiger partial charge in [0.2, 0.25) is 5.76 Å². The number of nitrogens with zero attached hydrogens (tertiary/aromatic N) is 1. The number of amides is 1. The molecule has 0 radical (unpaired) electrons. The lowest BCUT2D eigenvalue weighted by atomic mass is 9.84. The lowest BCUT2D eigenvalue weighted by molar-refractivity contribution is 0.0906. The van der Waals surface area contributed by atoms with E-state index >= 15 is 0 Å². The Morgan fingerprint density at radius 3 is 2.86 bits per heavy atom. The largest absolute Gasteiger partial charge is 0.461 e. The molecule has 0 aliphatic heterocycles. The van der Waals surface area contributed by atoms with Gasteiger partial charge in [0.15, 0.2) is 11.5 Å². The van der Waals surface area contributed by atoms with Crippen LogP contribution in [0.15, 0.2) is 33.4 Å². The number of aromatic nitrogens is 1. The summed E-state index contributed by atoms with van der Waals surface area (Å²) in [5, 5.41) is 6.81. The summed E-state index contributed by atoms with van der Waals surface area (Å²) in [7, 11) is 0. The maximum absolute atomic E-state index is 12.3. The Hall–Kier alpha value is -2.08. The summed E-state index contributed by atoms with van der Waals surface area (Å²) < 4.78 is 10.4. The molecule has 1 fully saturated rings. The Bertz CT molecular complexity index is 600. The van der Waals surface area contributed by atoms with Crippen molar-refractivity contribution in [2.75, 3.05) is 6.54 Å². The average molecular weight is 303 g/mol. The first-order valence-corrected chi connectivity index (χ1v) is 7.79. The van der Waals surface area contributed by atoms with Crippen LogP contribution in [0.3, 0.4) is 0 Å². The predicted octanol–water partition coefficient (Wildman–Crippen LogP) is 2.57. The maximum Gasteiger partial charge on any atom is 0.273 e. The van der Waals surface area contributed by atoms with Crippen molar-refractivity contribution in [3.05, 3.63) is 30.2 Å². The van der Waals surface area contributed by atoms with Gasteiger partial charge in [0.1, 0.15) is 0 Å². The van der Waals surface area contributed by atoms with Crippen molar-refractivity contribution in [3.8, 4) is 11.5 Å². The van der Waals surface area contributed by atoms with Crippen molar-refractivity contribution in [1.82, 2.24) is 10.5 Å². The minimum absolute atomic E-state index is 0.00318. The summed E-state index contributed by atoms with van der Waals surface area (Å²) in [6.07, 6.45) is 7.49. The quantitative estimate of drug-likeness (QED) is 0.885. The Balaban J connectivity index is 1.65. The van der Waals surface area contributed by atoms with E-state index in [0.717, 1.165) is 12.8 Å². The van der Waals surface area contributed by atoms with Crippen LogP contribution in [0.5, 0.6) is 0 Å². The lowest BCUT2D eigenvalue weighted by Gasteiger charge is -2.29. The highest BCUT2D eigenvalue weighted by atomic mass is 16.5. The molecule has 3 rings (SSSR count). The third-order valence-corrected chi connectivity index (χ3v) is 4.30. The van der Waals surface area contributed by atoms with Crippen LogP contribution >= 0.6 is 0 Å². The van der Waals surface area contributed by atoms with E-state index in [4.69, 9.17) is 14.7 Å². The van der Waals surface area contributed by atoms with Crippen LogP contribution in [0.1, 0.15) is 42.6 Å². The van der Waals surface area contributed by atoms with Crippen LogP contribution < -0.4 is 11.1 Å². The second-order valence-electron chi connectivity index (χ2n) is 5.77. The van der Waals surface area contributed by atoms with Crippen LogP contribution in [-0.2, 0) is 0 Å². The Morgan fingerprint density at radius 2 is 2.18 bits per heavy atom. The first-order valence-electron chi connectivity index (χ1n) is 7.79. The van der Waals surface area contributed by atoms with Crippen molar-refractivity contribution in [1.29, 1.82) is 0 Å². The topological polar surface area (TPSA) is 94.3 Å². The number of hydrogen-bond donors (Lipinski definition) is 2. The summed E-state index contributed by atoms with van der Waals surface area (Å²) in [4.78, 5) is 12.3. The molecule has 1 amide bonds. The zero-order valence-corrected chi connectivity index (χ0v) is 12.5. The number of rotatable bonds is 5. The number of furan rings is 1. The third-order valence-electron chi connectivity index (χ3n) is 4.30. The van der Waals surface area contributed by atoms with Crippen molar-refractivity contribution in [3.63, 3.8) is 0 Å². The molecule has 22 heavy (non-hydrogen) atoms. The molecule has 1 aliphatic rings. The second-order valence-corrected chi connectivity index (χ2v) is 5.77. The van der Waals surface area contributed by atoms with Gasteiger partial charge in [-0.3, -0.25) is 4.79 Å². The lowest BCUT2D eigenvalue weighted by Crippen LogP contribution is -2.46. The molecule has 2 heterocycles. The minimum atomic E-state index is -0.248. The molecule has 0 bridgehead atoms. The number of hydrogen-bond acceptors (Lipinski definition) is 5. The van der Waals surface area contributed by atoms with Gasteiger partial charge >= 0.3 is 0 Å². The molecule has 118 valence electrons. The van der Waals surface area contributed by atoms with E-state index in [0.29, 0.717) is 24.0 Å². The highest BCUT2D eigenvalue weighted by Crippen LogP contribution is 2.26. The SMILES string of the molecule is NCC(NC(=O)c1cc(-c2ccco2)on1)C1CCCCC1. The molecule has 1 saturated carbocycles. The molecule has 2 aromatic heterocycles. The summed E-state index contributed by atoms with van der Waals surface area (Å²) >= 11 is 0. The van der Waals surface area contributed by atoms with Gasteiger partial charge in [0.25, 0.3) is 5.91 Å². The van der Waals surface area contributed by atoms with Gasteiger partial charge in [-0.1, -0.05) is 24.4 Å². The van der Waals surface area contributed by atoms with Crippen molar-refractivity contribution in [2.24, 2.45) is 11.7 Å². The monoisotopic (exact) mass is 303 g/mol. The van der Waals surface area contributed by atoms with Gasteiger partial charge < -0.3 is 20.0 Å². The summed E-state index contributed by atoms with van der Waals surface area (Å²) in [5.74, 6) is 1.20. The molecule has 1 atom stereocenters. The van der Waals surface area contributed by atoms with E-state index in [1.807, 2.05) is 0 Å². The van der Waals surface area contributed by atoms with Crippen LogP contribution in [0, 0.1) is 5.92 Å². The van der Waals surface area contributed by atoms with Crippen LogP contribution in [-0.4, -0.2) is 23.7 Å². The first kappa shape index (κ1) is 14.8. The fourth-order valence-electron chi connectivity index (χ4n) is 3.07. The molecule has 1 unspecified atom stereocenters. The van der Waals surface area contributed by atoms with Gasteiger partial charge in [0, 0.05) is 18.7 Å². The van der Waals surface area contributed by atoms with E-state index in [1.165, 1.54) is 19.3 Å².